The van der Waals surface area contributed by atoms with E-state index in [2.05, 4.69) is 10.6 Å². The minimum absolute atomic E-state index is 0.0864. The third-order valence-electron chi connectivity index (χ3n) is 1.57. The minimum atomic E-state index is -0.0937. The van der Waals surface area contributed by atoms with Crippen LogP contribution in [-0.2, 0) is 9.53 Å². The molecule has 0 saturated carbocycles. The fourth-order valence-electron chi connectivity index (χ4n) is 0.890. The van der Waals surface area contributed by atoms with Crippen LogP contribution in [0.2, 0.25) is 0 Å². The third-order valence-corrected chi connectivity index (χ3v) is 1.57. The first-order chi connectivity index (χ1) is 6.70. The van der Waals surface area contributed by atoms with Crippen molar-refractivity contribution in [2.24, 2.45) is 0 Å². The Labute approximate surface area is 84.4 Å². The Morgan fingerprint density at radius 1 is 1.64 bits per heavy atom. The van der Waals surface area contributed by atoms with Gasteiger partial charge < -0.3 is 15.4 Å². The zero-order valence-corrected chi connectivity index (χ0v) is 8.67. The molecule has 0 aliphatic heterocycles. The number of nitriles is 1. The van der Waals surface area contributed by atoms with Gasteiger partial charge in [0.1, 0.15) is 0 Å². The standard InChI is InChI=1S/C9H17N3O2/c1-8(3-4-10)12-9(13)7-11-5-6-14-2/h8,11H,3,5-7H2,1-2H3,(H,12,13). The molecule has 0 aromatic carbocycles. The molecular formula is C9H17N3O2. The second-order valence-electron chi connectivity index (χ2n) is 3.00. The predicted molar refractivity (Wildman–Crippen MR) is 52.6 cm³/mol. The van der Waals surface area contributed by atoms with Crippen molar-refractivity contribution in [3.63, 3.8) is 0 Å². The normalized spacial score (nSPS) is 11.8. The molecule has 0 bridgehead atoms. The van der Waals surface area contributed by atoms with Gasteiger partial charge in [0.05, 0.1) is 25.6 Å². The predicted octanol–water partition coefficient (Wildman–Crippen LogP) is -0.359. The molecule has 1 unspecified atom stereocenters. The number of amides is 1. The van der Waals surface area contributed by atoms with E-state index in [9.17, 15) is 4.79 Å². The lowest BCUT2D eigenvalue weighted by atomic mass is 10.2. The lowest BCUT2D eigenvalue weighted by molar-refractivity contribution is -0.120. The van der Waals surface area contributed by atoms with Crippen LogP contribution in [0.3, 0.4) is 0 Å². The number of carbonyl (C=O) groups is 1. The Morgan fingerprint density at radius 3 is 2.93 bits per heavy atom. The molecule has 0 aromatic heterocycles. The molecule has 2 N–H and O–H groups in total. The average molecular weight is 199 g/mol. The van der Waals surface area contributed by atoms with Crippen molar-refractivity contribution in [2.75, 3.05) is 26.8 Å². The van der Waals surface area contributed by atoms with E-state index < -0.39 is 0 Å². The quantitative estimate of drug-likeness (QED) is 0.549. The first-order valence-corrected chi connectivity index (χ1v) is 4.56. The second-order valence-corrected chi connectivity index (χ2v) is 3.00. The monoisotopic (exact) mass is 199 g/mol. The molecule has 5 nitrogen and oxygen atoms in total. The molecule has 0 saturated heterocycles. The Hall–Kier alpha value is -1.12. The molecule has 14 heavy (non-hydrogen) atoms. The van der Waals surface area contributed by atoms with Crippen LogP contribution in [0.1, 0.15) is 13.3 Å². The molecule has 0 aliphatic rings. The number of carbonyl (C=O) groups excluding carboxylic acids is 1. The summed E-state index contributed by atoms with van der Waals surface area (Å²) in [6.45, 7) is 3.30. The van der Waals surface area contributed by atoms with E-state index in [-0.39, 0.29) is 18.5 Å². The Kier molecular flexibility index (Phi) is 7.80. The van der Waals surface area contributed by atoms with E-state index in [1.54, 1.807) is 14.0 Å². The SMILES string of the molecule is COCCNCC(=O)NC(C)CC#N. The van der Waals surface area contributed by atoms with Crippen molar-refractivity contribution in [2.45, 2.75) is 19.4 Å². The van der Waals surface area contributed by atoms with Crippen LogP contribution < -0.4 is 10.6 Å². The number of ether oxygens (including phenoxy) is 1. The molecule has 1 amide bonds. The zero-order valence-electron chi connectivity index (χ0n) is 8.67. The number of nitrogens with one attached hydrogen (secondary N) is 2. The van der Waals surface area contributed by atoms with Gasteiger partial charge in [0.15, 0.2) is 0 Å². The summed E-state index contributed by atoms with van der Waals surface area (Å²) >= 11 is 0. The highest BCUT2D eigenvalue weighted by atomic mass is 16.5. The maximum absolute atomic E-state index is 11.2. The first-order valence-electron chi connectivity index (χ1n) is 4.56. The summed E-state index contributed by atoms with van der Waals surface area (Å²) in [5.41, 5.74) is 0. The van der Waals surface area contributed by atoms with Crippen LogP contribution in [0.15, 0.2) is 0 Å². The van der Waals surface area contributed by atoms with Crippen LogP contribution in [0.5, 0.6) is 0 Å². The summed E-state index contributed by atoms with van der Waals surface area (Å²) in [6, 6.07) is 1.91. The minimum Gasteiger partial charge on any atom is -0.383 e. The fourth-order valence-corrected chi connectivity index (χ4v) is 0.890. The van der Waals surface area contributed by atoms with Gasteiger partial charge in [0.25, 0.3) is 0 Å². The van der Waals surface area contributed by atoms with Crippen molar-refractivity contribution >= 4 is 5.91 Å². The van der Waals surface area contributed by atoms with Crippen LogP contribution >= 0.6 is 0 Å². The lowest BCUT2D eigenvalue weighted by Crippen LogP contribution is -2.39. The molecule has 80 valence electrons. The molecule has 0 heterocycles. The van der Waals surface area contributed by atoms with E-state index in [1.165, 1.54) is 0 Å². The van der Waals surface area contributed by atoms with E-state index in [1.807, 2.05) is 6.07 Å². The highest BCUT2D eigenvalue weighted by Crippen LogP contribution is 1.86. The van der Waals surface area contributed by atoms with Gasteiger partial charge in [-0.3, -0.25) is 4.79 Å². The van der Waals surface area contributed by atoms with Gasteiger partial charge in [-0.15, -0.1) is 0 Å². The molecule has 0 spiro atoms. The van der Waals surface area contributed by atoms with Crippen LogP contribution in [0, 0.1) is 11.3 Å². The molecule has 0 aliphatic carbocycles. The Bertz CT molecular complexity index is 201. The molecule has 0 aromatic rings. The first kappa shape index (κ1) is 12.9. The highest BCUT2D eigenvalue weighted by molar-refractivity contribution is 5.78. The number of rotatable bonds is 7. The summed E-state index contributed by atoms with van der Waals surface area (Å²) in [6.07, 6.45) is 0.337. The Morgan fingerprint density at radius 2 is 2.36 bits per heavy atom. The summed E-state index contributed by atoms with van der Waals surface area (Å²) in [5, 5.41) is 14.0. The number of hydrogen-bond donors (Lipinski definition) is 2. The van der Waals surface area contributed by atoms with Gasteiger partial charge in [-0.1, -0.05) is 0 Å². The molecule has 1 atom stereocenters. The zero-order chi connectivity index (χ0) is 10.8. The maximum Gasteiger partial charge on any atom is 0.234 e. The number of methoxy groups -OCH3 is 1. The molecule has 5 heteroatoms. The van der Waals surface area contributed by atoms with Crippen LogP contribution in [0.4, 0.5) is 0 Å². The Balaban J connectivity index is 3.41. The van der Waals surface area contributed by atoms with Crippen molar-refractivity contribution in [3.05, 3.63) is 0 Å². The molecule has 0 radical (unpaired) electrons. The van der Waals surface area contributed by atoms with Gasteiger partial charge in [-0.2, -0.15) is 5.26 Å². The van der Waals surface area contributed by atoms with E-state index >= 15 is 0 Å². The summed E-state index contributed by atoms with van der Waals surface area (Å²) < 4.78 is 4.81. The third kappa shape index (κ3) is 7.53. The van der Waals surface area contributed by atoms with Gasteiger partial charge in [-0.05, 0) is 6.92 Å². The summed E-state index contributed by atoms with van der Waals surface area (Å²) in [7, 11) is 1.61. The van der Waals surface area contributed by atoms with Gasteiger partial charge in [-0.25, -0.2) is 0 Å². The van der Waals surface area contributed by atoms with Crippen molar-refractivity contribution in [1.82, 2.24) is 10.6 Å². The largest absolute Gasteiger partial charge is 0.383 e. The fraction of sp³-hybridized carbons (Fsp3) is 0.778. The topological polar surface area (TPSA) is 74.2 Å². The van der Waals surface area contributed by atoms with Gasteiger partial charge in [0.2, 0.25) is 5.91 Å². The van der Waals surface area contributed by atoms with Crippen molar-refractivity contribution < 1.29 is 9.53 Å². The smallest absolute Gasteiger partial charge is 0.234 e. The number of hydrogen-bond acceptors (Lipinski definition) is 4. The maximum atomic E-state index is 11.2. The van der Waals surface area contributed by atoms with E-state index in [0.29, 0.717) is 19.6 Å². The van der Waals surface area contributed by atoms with Gasteiger partial charge in [0, 0.05) is 19.7 Å². The summed E-state index contributed by atoms with van der Waals surface area (Å²) in [4.78, 5) is 11.2. The molecular weight excluding hydrogens is 182 g/mol. The van der Waals surface area contributed by atoms with Gasteiger partial charge >= 0.3 is 0 Å². The number of nitrogens with zero attached hydrogens (tertiary/aromatic N) is 1. The second kappa shape index (κ2) is 8.48. The molecule has 0 rings (SSSR count). The average Bonchev–Trinajstić information content (AvgIpc) is 2.13. The molecule has 0 fully saturated rings. The van der Waals surface area contributed by atoms with Crippen LogP contribution in [-0.4, -0.2) is 38.8 Å². The van der Waals surface area contributed by atoms with Crippen LogP contribution in [0.25, 0.3) is 0 Å². The highest BCUT2D eigenvalue weighted by Gasteiger charge is 2.05. The van der Waals surface area contributed by atoms with Crippen molar-refractivity contribution in [3.8, 4) is 6.07 Å². The van der Waals surface area contributed by atoms with E-state index in [0.717, 1.165) is 0 Å². The summed E-state index contributed by atoms with van der Waals surface area (Å²) in [5.74, 6) is -0.0937. The van der Waals surface area contributed by atoms with E-state index in [4.69, 9.17) is 10.00 Å². The van der Waals surface area contributed by atoms with Crippen molar-refractivity contribution in [1.29, 1.82) is 5.26 Å². The lowest BCUT2D eigenvalue weighted by Gasteiger charge is -2.10.